The summed E-state index contributed by atoms with van der Waals surface area (Å²) in [4.78, 5) is 23.9. The molecule has 1 atom stereocenters. The molecule has 3 rings (SSSR count). The molecule has 0 saturated heterocycles. The highest BCUT2D eigenvalue weighted by Gasteiger charge is 2.19. The maximum atomic E-state index is 12.3. The Morgan fingerprint density at radius 2 is 1.86 bits per heavy atom. The lowest BCUT2D eigenvalue weighted by Crippen LogP contribution is -2.35. The normalized spacial score (nSPS) is 11.9. The largest absolute Gasteiger partial charge is 0.494 e. The van der Waals surface area contributed by atoms with Crippen molar-refractivity contribution in [3.8, 4) is 5.75 Å². The zero-order valence-electron chi connectivity index (χ0n) is 15.8. The third-order valence-electron chi connectivity index (χ3n) is 4.61. The van der Waals surface area contributed by atoms with Gasteiger partial charge in [-0.2, -0.15) is 0 Å². The number of carbonyl (C=O) groups is 2. The molecule has 6 heteroatoms. The SMILES string of the molecule is CCOc1ccc(CC(CNC(=O)Cn2ccc3ccccc32)C(=O)O)cc1. The van der Waals surface area contributed by atoms with Gasteiger partial charge in [0.1, 0.15) is 12.3 Å². The highest BCUT2D eigenvalue weighted by molar-refractivity contribution is 5.83. The Balaban J connectivity index is 1.56. The number of fused-ring (bicyclic) bond motifs is 1. The number of hydrogen-bond donors (Lipinski definition) is 2. The molecule has 146 valence electrons. The number of ether oxygens (including phenoxy) is 1. The molecule has 28 heavy (non-hydrogen) atoms. The third kappa shape index (κ3) is 4.91. The van der Waals surface area contributed by atoms with Crippen LogP contribution in [0.15, 0.2) is 60.8 Å². The van der Waals surface area contributed by atoms with Crippen LogP contribution in [0.1, 0.15) is 12.5 Å². The van der Waals surface area contributed by atoms with Gasteiger partial charge in [-0.25, -0.2) is 0 Å². The fraction of sp³-hybridized carbons (Fsp3) is 0.273. The van der Waals surface area contributed by atoms with E-state index < -0.39 is 11.9 Å². The fourth-order valence-electron chi connectivity index (χ4n) is 3.15. The number of carboxylic acid groups (broad SMARTS) is 1. The first-order chi connectivity index (χ1) is 13.6. The van der Waals surface area contributed by atoms with Crippen molar-refractivity contribution in [2.45, 2.75) is 19.9 Å². The van der Waals surface area contributed by atoms with Crippen molar-refractivity contribution in [2.75, 3.05) is 13.2 Å². The van der Waals surface area contributed by atoms with Gasteiger partial charge in [0, 0.05) is 18.3 Å². The van der Waals surface area contributed by atoms with E-state index in [1.807, 2.05) is 72.3 Å². The van der Waals surface area contributed by atoms with E-state index in [4.69, 9.17) is 4.74 Å². The number of nitrogens with one attached hydrogen (secondary N) is 1. The van der Waals surface area contributed by atoms with Gasteiger partial charge in [-0.05, 0) is 48.6 Å². The minimum absolute atomic E-state index is 0.0839. The van der Waals surface area contributed by atoms with Gasteiger partial charge < -0.3 is 19.7 Å². The molecule has 1 amide bonds. The molecule has 1 unspecified atom stereocenters. The predicted molar refractivity (Wildman–Crippen MR) is 107 cm³/mol. The van der Waals surface area contributed by atoms with Gasteiger partial charge in [0.25, 0.3) is 0 Å². The summed E-state index contributed by atoms with van der Waals surface area (Å²) in [6, 6.07) is 17.1. The second-order valence-corrected chi connectivity index (χ2v) is 6.62. The standard InChI is InChI=1S/C22H24N2O4/c1-2-28-19-9-7-16(8-10-19)13-18(22(26)27)14-23-21(25)15-24-12-11-17-5-3-4-6-20(17)24/h3-12,18H,2,13-15H2,1H3,(H,23,25)(H,26,27). The molecule has 0 aliphatic carbocycles. The highest BCUT2D eigenvalue weighted by atomic mass is 16.5. The average Bonchev–Trinajstić information content (AvgIpc) is 3.09. The molecule has 0 aliphatic rings. The van der Waals surface area contributed by atoms with Crippen LogP contribution in [0.2, 0.25) is 0 Å². The monoisotopic (exact) mass is 380 g/mol. The molecule has 3 aromatic rings. The first-order valence-electron chi connectivity index (χ1n) is 9.32. The molecule has 2 N–H and O–H groups in total. The Hall–Kier alpha value is -3.28. The second kappa shape index (κ2) is 9.08. The number of rotatable bonds is 9. The number of aliphatic carboxylic acids is 1. The van der Waals surface area contributed by atoms with E-state index in [0.29, 0.717) is 13.0 Å². The summed E-state index contributed by atoms with van der Waals surface area (Å²) in [5.74, 6) is -1.08. The van der Waals surface area contributed by atoms with Crippen molar-refractivity contribution >= 4 is 22.8 Å². The Bertz CT molecular complexity index is 947. The van der Waals surface area contributed by atoms with Gasteiger partial charge in [0.05, 0.1) is 12.5 Å². The number of carboxylic acids is 1. The van der Waals surface area contributed by atoms with E-state index >= 15 is 0 Å². The predicted octanol–water partition coefficient (Wildman–Crippen LogP) is 3.10. The highest BCUT2D eigenvalue weighted by Crippen LogP contribution is 2.16. The lowest BCUT2D eigenvalue weighted by Gasteiger charge is -2.14. The Morgan fingerprint density at radius 3 is 2.57 bits per heavy atom. The maximum Gasteiger partial charge on any atom is 0.308 e. The van der Waals surface area contributed by atoms with Gasteiger partial charge in [-0.15, -0.1) is 0 Å². The molecule has 2 aromatic carbocycles. The first kappa shape index (κ1) is 19.5. The van der Waals surface area contributed by atoms with E-state index in [2.05, 4.69) is 5.32 Å². The number of para-hydroxylation sites is 1. The molecule has 0 radical (unpaired) electrons. The zero-order chi connectivity index (χ0) is 19.9. The van der Waals surface area contributed by atoms with Crippen LogP contribution < -0.4 is 10.1 Å². The maximum absolute atomic E-state index is 12.3. The van der Waals surface area contributed by atoms with Crippen LogP contribution in [0.3, 0.4) is 0 Å². The Morgan fingerprint density at radius 1 is 1.11 bits per heavy atom. The summed E-state index contributed by atoms with van der Waals surface area (Å²) in [6.45, 7) is 2.73. The van der Waals surface area contributed by atoms with Crippen molar-refractivity contribution in [3.05, 3.63) is 66.4 Å². The van der Waals surface area contributed by atoms with Crippen molar-refractivity contribution in [3.63, 3.8) is 0 Å². The van der Waals surface area contributed by atoms with Crippen LogP contribution in [0.5, 0.6) is 5.75 Å². The number of nitrogens with zero attached hydrogens (tertiary/aromatic N) is 1. The van der Waals surface area contributed by atoms with E-state index in [9.17, 15) is 14.7 Å². The van der Waals surface area contributed by atoms with Crippen molar-refractivity contribution < 1.29 is 19.4 Å². The summed E-state index contributed by atoms with van der Waals surface area (Å²) in [5.41, 5.74) is 1.86. The van der Waals surface area contributed by atoms with E-state index in [-0.39, 0.29) is 19.0 Å². The minimum Gasteiger partial charge on any atom is -0.494 e. The van der Waals surface area contributed by atoms with Crippen LogP contribution in [0.4, 0.5) is 0 Å². The topological polar surface area (TPSA) is 80.6 Å². The summed E-state index contributed by atoms with van der Waals surface area (Å²) >= 11 is 0. The molecular weight excluding hydrogens is 356 g/mol. The number of benzene rings is 2. The number of carbonyl (C=O) groups excluding carboxylic acids is 1. The van der Waals surface area contributed by atoms with E-state index in [0.717, 1.165) is 22.2 Å². The summed E-state index contributed by atoms with van der Waals surface area (Å²) < 4.78 is 7.25. The molecule has 0 saturated carbocycles. The smallest absolute Gasteiger partial charge is 0.308 e. The van der Waals surface area contributed by atoms with Crippen molar-refractivity contribution in [1.82, 2.24) is 9.88 Å². The molecule has 6 nitrogen and oxygen atoms in total. The van der Waals surface area contributed by atoms with E-state index in [1.165, 1.54) is 0 Å². The lowest BCUT2D eigenvalue weighted by atomic mass is 9.99. The summed E-state index contributed by atoms with van der Waals surface area (Å²) in [7, 11) is 0. The lowest BCUT2D eigenvalue weighted by molar-refractivity contribution is -0.141. The fourth-order valence-corrected chi connectivity index (χ4v) is 3.15. The Labute approximate surface area is 163 Å². The van der Waals surface area contributed by atoms with Crippen LogP contribution in [-0.4, -0.2) is 34.7 Å². The van der Waals surface area contributed by atoms with Crippen LogP contribution in [0, 0.1) is 5.92 Å². The van der Waals surface area contributed by atoms with Gasteiger partial charge in [0.2, 0.25) is 5.91 Å². The van der Waals surface area contributed by atoms with Crippen LogP contribution in [0.25, 0.3) is 10.9 Å². The number of aromatic nitrogens is 1. The van der Waals surface area contributed by atoms with E-state index in [1.54, 1.807) is 0 Å². The van der Waals surface area contributed by atoms with Gasteiger partial charge in [-0.1, -0.05) is 30.3 Å². The van der Waals surface area contributed by atoms with Crippen LogP contribution >= 0.6 is 0 Å². The number of amides is 1. The van der Waals surface area contributed by atoms with Gasteiger partial charge >= 0.3 is 5.97 Å². The third-order valence-corrected chi connectivity index (χ3v) is 4.61. The number of hydrogen-bond acceptors (Lipinski definition) is 3. The first-order valence-corrected chi connectivity index (χ1v) is 9.32. The molecular formula is C22H24N2O4. The quantitative estimate of drug-likeness (QED) is 0.598. The second-order valence-electron chi connectivity index (χ2n) is 6.62. The van der Waals surface area contributed by atoms with Gasteiger partial charge in [0.15, 0.2) is 0 Å². The average molecular weight is 380 g/mol. The Kier molecular flexibility index (Phi) is 6.32. The zero-order valence-corrected chi connectivity index (χ0v) is 15.8. The molecule has 0 fully saturated rings. The van der Waals surface area contributed by atoms with Gasteiger partial charge in [-0.3, -0.25) is 9.59 Å². The van der Waals surface area contributed by atoms with Crippen LogP contribution in [-0.2, 0) is 22.6 Å². The molecule has 0 aliphatic heterocycles. The molecule has 1 aromatic heterocycles. The van der Waals surface area contributed by atoms with Crippen molar-refractivity contribution in [2.24, 2.45) is 5.92 Å². The minimum atomic E-state index is -0.930. The molecule has 0 bridgehead atoms. The van der Waals surface area contributed by atoms with Crippen molar-refractivity contribution in [1.29, 1.82) is 0 Å². The summed E-state index contributed by atoms with van der Waals surface area (Å²) in [5, 5.41) is 13.3. The molecule has 1 heterocycles. The summed E-state index contributed by atoms with van der Waals surface area (Å²) in [6.07, 6.45) is 2.20. The molecule has 0 spiro atoms.